The van der Waals surface area contributed by atoms with E-state index in [9.17, 15) is 19.2 Å². The van der Waals surface area contributed by atoms with Gasteiger partial charge in [0.25, 0.3) is 0 Å². The van der Waals surface area contributed by atoms with E-state index in [2.05, 4.69) is 0 Å². The van der Waals surface area contributed by atoms with E-state index in [4.69, 9.17) is 28.4 Å². The van der Waals surface area contributed by atoms with Crippen molar-refractivity contribution in [2.75, 3.05) is 0 Å². The average molecular weight is 823 g/mol. The molecule has 60 heavy (non-hydrogen) atoms. The molecule has 0 radical (unpaired) electrons. The molecule has 1 heterocycles. The number of carbonyl (C=O) groups is 4. The van der Waals surface area contributed by atoms with Crippen molar-refractivity contribution >= 4 is 23.9 Å². The summed E-state index contributed by atoms with van der Waals surface area (Å²) in [5, 5.41) is 0. The summed E-state index contributed by atoms with van der Waals surface area (Å²) in [6.45, 7) is 19.6. The number of ether oxygens (including phenoxy) is 6. The van der Waals surface area contributed by atoms with Gasteiger partial charge < -0.3 is 28.4 Å². The maximum atomic E-state index is 14.0. The van der Waals surface area contributed by atoms with Crippen molar-refractivity contribution in [1.29, 1.82) is 0 Å². The predicted octanol–water partition coefficient (Wildman–Crippen LogP) is 10.7. The highest BCUT2D eigenvalue weighted by Gasteiger charge is 2.65. The molecule has 4 unspecified atom stereocenters. The molecule has 4 aromatic rings. The molecule has 0 N–H and O–H groups in total. The molecule has 10 nitrogen and oxygen atoms in total. The summed E-state index contributed by atoms with van der Waals surface area (Å²) < 4.78 is 38.5. The number of hydrogen-bond acceptors (Lipinski definition) is 10. The minimum Gasteiger partial charge on any atom is -0.452 e. The third-order valence-corrected chi connectivity index (χ3v) is 10.4. The zero-order chi connectivity index (χ0) is 44.0. The van der Waals surface area contributed by atoms with E-state index in [1.54, 1.807) is 97.1 Å². The Morgan fingerprint density at radius 3 is 0.883 bits per heavy atom. The van der Waals surface area contributed by atoms with Crippen LogP contribution in [0, 0.1) is 27.7 Å². The average Bonchev–Trinajstić information content (AvgIpc) is 3.64. The third-order valence-electron chi connectivity index (χ3n) is 10.4. The van der Waals surface area contributed by atoms with Crippen molar-refractivity contribution in [3.63, 3.8) is 0 Å². The maximum Gasteiger partial charge on any atom is 0.338 e. The van der Waals surface area contributed by atoms with Crippen molar-refractivity contribution < 1.29 is 47.6 Å². The van der Waals surface area contributed by atoms with Gasteiger partial charge in [0.15, 0.2) is 30.2 Å². The SMILES string of the molecule is CC.CC.CC.Cc1ccc(C(=O)OC2C(OC(=O)c3ccc(C)cc3)[C@H](OC(=O)c3ccc(C)cc3)C3OC4(CCCCC4)OC3[C@@H]2OC(=O)c2ccc(C)cc2)cc1. The highest BCUT2D eigenvalue weighted by molar-refractivity contribution is 5.92. The second-order valence-corrected chi connectivity index (χ2v) is 14.6. The first kappa shape index (κ1) is 47.4. The van der Waals surface area contributed by atoms with Gasteiger partial charge in [-0.1, -0.05) is 119 Å². The van der Waals surface area contributed by atoms with Gasteiger partial charge in [-0.25, -0.2) is 19.2 Å². The Bertz CT molecular complexity index is 1840. The number of aryl methyl sites for hydroxylation is 4. The molecule has 1 aliphatic heterocycles. The number of esters is 4. The van der Waals surface area contributed by atoms with Crippen LogP contribution in [0.25, 0.3) is 0 Å². The number of rotatable bonds is 8. The van der Waals surface area contributed by atoms with Crippen molar-refractivity contribution in [3.8, 4) is 0 Å². The van der Waals surface area contributed by atoms with E-state index in [0.717, 1.165) is 41.5 Å². The van der Waals surface area contributed by atoms with E-state index in [1.165, 1.54) is 0 Å². The Morgan fingerprint density at radius 1 is 0.400 bits per heavy atom. The Balaban J connectivity index is 0.00000127. The minimum absolute atomic E-state index is 0.218. The number of fused-ring (bicyclic) bond motifs is 1. The molecule has 3 aliphatic rings. The lowest BCUT2D eigenvalue weighted by Crippen LogP contribution is -2.66. The molecule has 0 amide bonds. The molecule has 322 valence electrons. The molecule has 1 saturated heterocycles. The molecule has 10 heteroatoms. The van der Waals surface area contributed by atoms with Gasteiger partial charge in [0.1, 0.15) is 12.2 Å². The van der Waals surface area contributed by atoms with E-state index < -0.39 is 66.3 Å². The number of benzene rings is 4. The Hall–Kier alpha value is -5.32. The molecule has 0 aromatic heterocycles. The molecule has 1 spiro atoms. The summed E-state index contributed by atoms with van der Waals surface area (Å²) in [5.74, 6) is -4.02. The number of hydrogen-bond donors (Lipinski definition) is 0. The lowest BCUT2D eigenvalue weighted by Gasteiger charge is -2.44. The fourth-order valence-corrected chi connectivity index (χ4v) is 7.30. The van der Waals surface area contributed by atoms with Crippen LogP contribution in [0.5, 0.6) is 0 Å². The topological polar surface area (TPSA) is 124 Å². The van der Waals surface area contributed by atoms with Crippen LogP contribution in [0.2, 0.25) is 0 Å². The Labute approximate surface area is 355 Å². The van der Waals surface area contributed by atoms with E-state index in [1.807, 2.05) is 69.2 Å². The molecule has 2 saturated carbocycles. The maximum absolute atomic E-state index is 14.0. The monoisotopic (exact) mass is 822 g/mol. The summed E-state index contributed by atoms with van der Waals surface area (Å²) in [4.78, 5) is 55.8. The molecular formula is C50H62O10. The van der Waals surface area contributed by atoms with Crippen LogP contribution < -0.4 is 0 Å². The summed E-state index contributed by atoms with van der Waals surface area (Å²) in [5.41, 5.74) is 4.70. The Morgan fingerprint density at radius 2 is 0.633 bits per heavy atom. The van der Waals surface area contributed by atoms with Gasteiger partial charge in [-0.05, 0) is 89.1 Å². The van der Waals surface area contributed by atoms with Crippen LogP contribution in [-0.4, -0.2) is 66.3 Å². The van der Waals surface area contributed by atoms with Crippen LogP contribution in [0.4, 0.5) is 0 Å². The standard InChI is InChI=1S/C44H44O10.3C2H6/c1-26-8-16-30(17-9-26)40(45)49-34-35(50-41(46)31-18-10-27(2)11-19-31)37(52-43(48)33-22-14-29(4)15-23-33)39-38(53-44(54-39)24-6-5-7-25-44)36(34)51-42(47)32-20-12-28(3)13-21-32;3*1-2/h8-23,34-39H,5-7,24-25H2,1-4H3;3*1-2H3/t34?,35?,36-,37+,38?,39?;;;. The largest absolute Gasteiger partial charge is 0.452 e. The van der Waals surface area contributed by atoms with E-state index in [-0.39, 0.29) is 22.3 Å². The lowest BCUT2D eigenvalue weighted by molar-refractivity contribution is -0.203. The van der Waals surface area contributed by atoms with Crippen molar-refractivity contribution in [3.05, 3.63) is 142 Å². The molecule has 0 bridgehead atoms. The van der Waals surface area contributed by atoms with E-state index in [0.29, 0.717) is 12.8 Å². The third kappa shape index (κ3) is 11.5. The minimum atomic E-state index is -1.50. The normalized spacial score (nSPS) is 22.1. The van der Waals surface area contributed by atoms with Crippen LogP contribution in [0.3, 0.4) is 0 Å². The molecular weight excluding hydrogens is 761 g/mol. The van der Waals surface area contributed by atoms with E-state index >= 15 is 0 Å². The van der Waals surface area contributed by atoms with Gasteiger partial charge in [-0.3, -0.25) is 0 Å². The molecule has 4 aromatic carbocycles. The van der Waals surface area contributed by atoms with Crippen LogP contribution >= 0.6 is 0 Å². The van der Waals surface area contributed by atoms with Gasteiger partial charge in [-0.15, -0.1) is 0 Å². The summed E-state index contributed by atoms with van der Waals surface area (Å²) in [6, 6.07) is 27.2. The van der Waals surface area contributed by atoms with Gasteiger partial charge >= 0.3 is 23.9 Å². The molecule has 3 fully saturated rings. The molecule has 6 atom stereocenters. The fourth-order valence-electron chi connectivity index (χ4n) is 7.30. The van der Waals surface area contributed by atoms with Crippen molar-refractivity contribution in [2.45, 2.75) is 144 Å². The fraction of sp³-hybridized carbons (Fsp3) is 0.440. The molecule has 7 rings (SSSR count). The smallest absolute Gasteiger partial charge is 0.338 e. The van der Waals surface area contributed by atoms with Gasteiger partial charge in [0.05, 0.1) is 22.3 Å². The summed E-state index contributed by atoms with van der Waals surface area (Å²) in [6.07, 6.45) is -4.13. The predicted molar refractivity (Wildman–Crippen MR) is 231 cm³/mol. The highest BCUT2D eigenvalue weighted by Crippen LogP contribution is 2.48. The zero-order valence-electron chi connectivity index (χ0n) is 36.8. The second-order valence-electron chi connectivity index (χ2n) is 14.6. The van der Waals surface area contributed by atoms with Gasteiger partial charge in [0.2, 0.25) is 0 Å². The van der Waals surface area contributed by atoms with Crippen molar-refractivity contribution in [2.24, 2.45) is 0 Å². The van der Waals surface area contributed by atoms with Gasteiger partial charge in [0, 0.05) is 12.8 Å². The quantitative estimate of drug-likeness (QED) is 0.125. The Kier molecular flexibility index (Phi) is 17.6. The first-order valence-corrected chi connectivity index (χ1v) is 21.4. The van der Waals surface area contributed by atoms with Crippen molar-refractivity contribution in [1.82, 2.24) is 0 Å². The highest BCUT2D eigenvalue weighted by atomic mass is 16.8. The van der Waals surface area contributed by atoms with Crippen LogP contribution in [0.1, 0.15) is 137 Å². The molecule has 2 aliphatic carbocycles. The second kappa shape index (κ2) is 22.3. The lowest BCUT2D eigenvalue weighted by atomic mass is 9.84. The zero-order valence-corrected chi connectivity index (χ0v) is 36.8. The van der Waals surface area contributed by atoms with Crippen LogP contribution in [-0.2, 0) is 28.4 Å². The first-order chi connectivity index (χ1) is 29.0. The van der Waals surface area contributed by atoms with Crippen LogP contribution in [0.15, 0.2) is 97.1 Å². The summed E-state index contributed by atoms with van der Waals surface area (Å²) in [7, 11) is 0. The number of carbonyl (C=O) groups excluding carboxylic acids is 4. The first-order valence-electron chi connectivity index (χ1n) is 21.4. The summed E-state index contributed by atoms with van der Waals surface area (Å²) >= 11 is 0. The van der Waals surface area contributed by atoms with Gasteiger partial charge in [-0.2, -0.15) is 0 Å².